The van der Waals surface area contributed by atoms with Crippen LogP contribution in [0.4, 0.5) is 0 Å². The number of carbonyl (C=O) groups is 1. The lowest BCUT2D eigenvalue weighted by atomic mass is 10.0. The molecule has 0 spiro atoms. The second-order valence-corrected chi connectivity index (χ2v) is 8.06. The highest BCUT2D eigenvalue weighted by atomic mass is 16.5. The molecule has 1 fully saturated rings. The van der Waals surface area contributed by atoms with Crippen LogP contribution in [0.25, 0.3) is 5.82 Å². The van der Waals surface area contributed by atoms with Gasteiger partial charge < -0.3 is 14.6 Å². The van der Waals surface area contributed by atoms with E-state index < -0.39 is 0 Å². The Labute approximate surface area is 167 Å². The van der Waals surface area contributed by atoms with Crippen LogP contribution in [0.2, 0.25) is 0 Å². The largest absolute Gasteiger partial charge is 0.379 e. The smallest absolute Gasteiger partial charge is 0.253 e. The lowest BCUT2D eigenvalue weighted by molar-refractivity contribution is 0.0124. The van der Waals surface area contributed by atoms with E-state index in [9.17, 15) is 4.79 Å². The maximum Gasteiger partial charge on any atom is 0.253 e. The molecule has 2 aromatic heterocycles. The molecule has 28 heavy (non-hydrogen) atoms. The zero-order chi connectivity index (χ0) is 20.3. The van der Waals surface area contributed by atoms with E-state index in [1.165, 1.54) is 0 Å². The summed E-state index contributed by atoms with van der Waals surface area (Å²) in [6.07, 6.45) is 1.05. The van der Waals surface area contributed by atoms with Crippen LogP contribution in [-0.4, -0.2) is 59.4 Å². The minimum Gasteiger partial charge on any atom is -0.379 e. The molecule has 2 aromatic rings. The molecule has 1 amide bonds. The topological polar surface area (TPSA) is 72.5 Å². The van der Waals surface area contributed by atoms with Gasteiger partial charge in [0, 0.05) is 43.1 Å². The van der Waals surface area contributed by atoms with Gasteiger partial charge in [-0.3, -0.25) is 14.3 Å². The summed E-state index contributed by atoms with van der Waals surface area (Å²) in [5.41, 5.74) is 2.52. The first-order valence-electron chi connectivity index (χ1n) is 10.1. The molecule has 1 unspecified atom stereocenters. The fraction of sp³-hybridized carbons (Fsp3) is 0.619. The molecule has 7 nitrogen and oxygen atoms in total. The van der Waals surface area contributed by atoms with Gasteiger partial charge in [0.05, 0.1) is 18.8 Å². The average molecular weight is 389 g/mol. The Morgan fingerprint density at radius 1 is 1.21 bits per heavy atom. The molecule has 7 heteroatoms. The highest BCUT2D eigenvalue weighted by molar-refractivity contribution is 5.95. The van der Waals surface area contributed by atoms with E-state index in [1.807, 2.05) is 37.5 Å². The molecular formula is C21H32N4O3. The van der Waals surface area contributed by atoms with Crippen molar-refractivity contribution in [3.63, 3.8) is 0 Å². The van der Waals surface area contributed by atoms with Gasteiger partial charge in [0.1, 0.15) is 5.76 Å². The lowest BCUT2D eigenvalue weighted by Crippen LogP contribution is -2.49. The summed E-state index contributed by atoms with van der Waals surface area (Å²) < 4.78 is 12.6. The molecule has 1 aliphatic heterocycles. The zero-order valence-corrected chi connectivity index (χ0v) is 17.6. The standard InChI is InChI=1S/C21H32N4O3/c1-14(2)10-18(24-6-8-27-9-7-24)13-22-21(26)19-11-15(3)25(17(19)5)20-12-16(4)28-23-20/h11-12,14,18H,6-10,13H2,1-5H3,(H,22,26). The molecule has 0 aromatic carbocycles. The third-order valence-corrected chi connectivity index (χ3v) is 5.32. The maximum atomic E-state index is 12.9. The van der Waals surface area contributed by atoms with E-state index in [0.29, 0.717) is 29.9 Å². The SMILES string of the molecule is Cc1cc(-n2c(C)cc(C(=O)NCC(CC(C)C)N3CCOCC3)c2C)no1. The van der Waals surface area contributed by atoms with E-state index in [-0.39, 0.29) is 5.91 Å². The molecule has 3 rings (SSSR count). The Kier molecular flexibility index (Phi) is 6.57. The summed E-state index contributed by atoms with van der Waals surface area (Å²) in [6, 6.07) is 4.12. The molecule has 1 N–H and O–H groups in total. The third kappa shape index (κ3) is 4.64. The minimum atomic E-state index is -0.0402. The van der Waals surface area contributed by atoms with Crippen LogP contribution in [0.5, 0.6) is 0 Å². The number of hydrogen-bond acceptors (Lipinski definition) is 5. The number of hydrogen-bond donors (Lipinski definition) is 1. The molecule has 1 saturated heterocycles. The van der Waals surface area contributed by atoms with Crippen LogP contribution in [-0.2, 0) is 4.74 Å². The molecule has 154 valence electrons. The van der Waals surface area contributed by atoms with Crippen LogP contribution >= 0.6 is 0 Å². The maximum absolute atomic E-state index is 12.9. The van der Waals surface area contributed by atoms with Crippen LogP contribution < -0.4 is 5.32 Å². The Morgan fingerprint density at radius 2 is 1.93 bits per heavy atom. The number of aryl methyl sites for hydroxylation is 2. The van der Waals surface area contributed by atoms with Crippen molar-refractivity contribution in [1.82, 2.24) is 19.9 Å². The summed E-state index contributed by atoms with van der Waals surface area (Å²) in [4.78, 5) is 15.4. The van der Waals surface area contributed by atoms with E-state index in [1.54, 1.807) is 0 Å². The Balaban J connectivity index is 1.71. The number of aromatic nitrogens is 2. The van der Waals surface area contributed by atoms with Gasteiger partial charge in [-0.15, -0.1) is 0 Å². The Bertz CT molecular complexity index is 803. The van der Waals surface area contributed by atoms with Crippen LogP contribution in [0.3, 0.4) is 0 Å². The molecule has 0 bridgehead atoms. The molecule has 1 aliphatic rings. The zero-order valence-electron chi connectivity index (χ0n) is 17.6. The Morgan fingerprint density at radius 3 is 2.54 bits per heavy atom. The summed E-state index contributed by atoms with van der Waals surface area (Å²) >= 11 is 0. The van der Waals surface area contributed by atoms with Gasteiger partial charge in [-0.25, -0.2) is 0 Å². The molecular weight excluding hydrogens is 356 g/mol. The monoisotopic (exact) mass is 388 g/mol. The average Bonchev–Trinajstić information content (AvgIpc) is 3.21. The van der Waals surface area contributed by atoms with Gasteiger partial charge in [-0.05, 0) is 39.2 Å². The highest BCUT2D eigenvalue weighted by Gasteiger charge is 2.24. The fourth-order valence-electron chi connectivity index (χ4n) is 3.96. The summed E-state index contributed by atoms with van der Waals surface area (Å²) in [5, 5.41) is 7.25. The first-order chi connectivity index (χ1) is 13.4. The third-order valence-electron chi connectivity index (χ3n) is 5.32. The van der Waals surface area contributed by atoms with Crippen LogP contribution in [0, 0.1) is 26.7 Å². The highest BCUT2D eigenvalue weighted by Crippen LogP contribution is 2.21. The predicted octanol–water partition coefficient (Wildman–Crippen LogP) is 2.87. The van der Waals surface area contributed by atoms with Crippen LogP contribution in [0.15, 0.2) is 16.7 Å². The van der Waals surface area contributed by atoms with Gasteiger partial charge in [0.2, 0.25) is 0 Å². The predicted molar refractivity (Wildman–Crippen MR) is 108 cm³/mol. The molecule has 3 heterocycles. The fourth-order valence-corrected chi connectivity index (χ4v) is 3.96. The second-order valence-electron chi connectivity index (χ2n) is 8.06. The van der Waals surface area contributed by atoms with Crippen LogP contribution in [0.1, 0.15) is 47.8 Å². The number of amides is 1. The lowest BCUT2D eigenvalue weighted by Gasteiger charge is -2.35. The number of rotatable bonds is 7. The molecule has 1 atom stereocenters. The van der Waals surface area contributed by atoms with Gasteiger partial charge in [0.15, 0.2) is 5.82 Å². The number of morpholine rings is 1. The number of ether oxygens (including phenoxy) is 1. The number of nitrogens with one attached hydrogen (secondary N) is 1. The molecule has 0 saturated carbocycles. The van der Waals surface area contributed by atoms with Gasteiger partial charge in [0.25, 0.3) is 5.91 Å². The van der Waals surface area contributed by atoms with E-state index in [4.69, 9.17) is 9.26 Å². The van der Waals surface area contributed by atoms with Gasteiger partial charge >= 0.3 is 0 Å². The quantitative estimate of drug-likeness (QED) is 0.790. The first kappa shape index (κ1) is 20.6. The van der Waals surface area contributed by atoms with Crippen molar-refractivity contribution in [2.75, 3.05) is 32.8 Å². The summed E-state index contributed by atoms with van der Waals surface area (Å²) in [5.74, 6) is 1.99. The first-order valence-corrected chi connectivity index (χ1v) is 10.1. The van der Waals surface area contributed by atoms with Crippen molar-refractivity contribution in [1.29, 1.82) is 0 Å². The second kappa shape index (κ2) is 8.92. The number of nitrogens with zero attached hydrogens (tertiary/aromatic N) is 3. The van der Waals surface area contributed by atoms with Crippen molar-refractivity contribution in [3.05, 3.63) is 34.8 Å². The normalized spacial score (nSPS) is 16.5. The van der Waals surface area contributed by atoms with E-state index in [2.05, 4.69) is 29.2 Å². The number of carbonyl (C=O) groups excluding carboxylic acids is 1. The van der Waals surface area contributed by atoms with E-state index >= 15 is 0 Å². The van der Waals surface area contributed by atoms with Gasteiger partial charge in [-0.1, -0.05) is 19.0 Å². The van der Waals surface area contributed by atoms with Crippen molar-refractivity contribution < 1.29 is 14.1 Å². The van der Waals surface area contributed by atoms with Crippen molar-refractivity contribution in [2.45, 2.75) is 47.1 Å². The minimum absolute atomic E-state index is 0.0402. The Hall–Kier alpha value is -2.12. The van der Waals surface area contributed by atoms with Crippen molar-refractivity contribution >= 4 is 5.91 Å². The van der Waals surface area contributed by atoms with Crippen molar-refractivity contribution in [3.8, 4) is 5.82 Å². The molecule has 0 radical (unpaired) electrons. The van der Waals surface area contributed by atoms with Crippen molar-refractivity contribution in [2.24, 2.45) is 5.92 Å². The molecule has 0 aliphatic carbocycles. The summed E-state index contributed by atoms with van der Waals surface area (Å²) in [7, 11) is 0. The van der Waals surface area contributed by atoms with Gasteiger partial charge in [-0.2, -0.15) is 0 Å². The summed E-state index contributed by atoms with van der Waals surface area (Å²) in [6.45, 7) is 14.2. The van der Waals surface area contributed by atoms with E-state index in [0.717, 1.165) is 49.9 Å².